The lowest BCUT2D eigenvalue weighted by atomic mass is 10.2. The van der Waals surface area contributed by atoms with E-state index in [9.17, 15) is 8.78 Å². The summed E-state index contributed by atoms with van der Waals surface area (Å²) in [5.74, 6) is 0. The minimum absolute atomic E-state index is 0.0515. The molecule has 54 valence electrons. The zero-order valence-electron chi connectivity index (χ0n) is 5.02. The van der Waals surface area contributed by atoms with Gasteiger partial charge in [0.25, 0.3) is 0 Å². The zero-order valence-corrected chi connectivity index (χ0v) is 7.18. The summed E-state index contributed by atoms with van der Waals surface area (Å²) < 4.78 is 22.1. The number of hydrogen-bond acceptors (Lipinski definition) is 0. The number of halogens is 3. The van der Waals surface area contributed by atoms with Crippen molar-refractivity contribution in [3.8, 4) is 0 Å². The highest BCUT2D eigenvalue weighted by atomic mass is 127. The van der Waals surface area contributed by atoms with Gasteiger partial charge in [-0.05, 0) is 0 Å². The number of benzene rings is 1. The smallest absolute Gasteiger partial charge is 0.189 e. The Kier molecular flexibility index (Phi) is 2.23. The van der Waals surface area contributed by atoms with E-state index < -0.39 is 3.93 Å². The van der Waals surface area contributed by atoms with E-state index in [0.29, 0.717) is 0 Å². The molecule has 0 radical (unpaired) electrons. The predicted octanol–water partition coefficient (Wildman–Crippen LogP) is 3.17. The molecule has 1 aromatic rings. The highest BCUT2D eigenvalue weighted by Gasteiger charge is 2.25. The molecule has 0 aliphatic heterocycles. The van der Waals surface area contributed by atoms with Crippen molar-refractivity contribution in [1.82, 2.24) is 0 Å². The van der Waals surface area contributed by atoms with Gasteiger partial charge in [-0.1, -0.05) is 30.3 Å². The van der Waals surface area contributed by atoms with Crippen LogP contribution in [-0.2, 0) is 3.93 Å². The van der Waals surface area contributed by atoms with E-state index in [1.54, 1.807) is 18.2 Å². The maximum absolute atomic E-state index is 12.4. The SMILES string of the molecule is FC(F)(I)c1ccccc1. The van der Waals surface area contributed by atoms with Gasteiger partial charge in [-0.15, -0.1) is 0 Å². The van der Waals surface area contributed by atoms with Crippen molar-refractivity contribution in [2.45, 2.75) is 3.93 Å². The maximum atomic E-state index is 12.4. The van der Waals surface area contributed by atoms with Crippen LogP contribution in [-0.4, -0.2) is 0 Å². The predicted molar refractivity (Wildman–Crippen MR) is 44.4 cm³/mol. The van der Waals surface area contributed by atoms with Crippen molar-refractivity contribution in [2.24, 2.45) is 0 Å². The van der Waals surface area contributed by atoms with E-state index in [1.165, 1.54) is 12.1 Å². The van der Waals surface area contributed by atoms with Crippen LogP contribution in [0.2, 0.25) is 0 Å². The molecule has 3 heteroatoms. The van der Waals surface area contributed by atoms with Crippen LogP contribution in [0.3, 0.4) is 0 Å². The van der Waals surface area contributed by atoms with Gasteiger partial charge in [0.05, 0.1) is 0 Å². The van der Waals surface area contributed by atoms with Gasteiger partial charge in [0.1, 0.15) is 0 Å². The summed E-state index contributed by atoms with van der Waals surface area (Å²) in [5.41, 5.74) is 0.0515. The molecule has 0 saturated heterocycles. The van der Waals surface area contributed by atoms with Crippen LogP contribution in [0.15, 0.2) is 30.3 Å². The lowest BCUT2D eigenvalue weighted by molar-refractivity contribution is 0.127. The summed E-state index contributed by atoms with van der Waals surface area (Å²) in [6.45, 7) is 0. The van der Waals surface area contributed by atoms with Gasteiger partial charge in [0.2, 0.25) is 0 Å². The first-order chi connectivity index (χ1) is 4.61. The van der Waals surface area contributed by atoms with Crippen molar-refractivity contribution in [2.75, 3.05) is 0 Å². The molecular weight excluding hydrogens is 249 g/mol. The Labute approximate surface area is 71.4 Å². The van der Waals surface area contributed by atoms with Crippen LogP contribution >= 0.6 is 22.6 Å². The van der Waals surface area contributed by atoms with E-state index in [2.05, 4.69) is 0 Å². The van der Waals surface area contributed by atoms with E-state index in [1.807, 2.05) is 0 Å². The summed E-state index contributed by atoms with van der Waals surface area (Å²) in [6.07, 6.45) is 0. The molecule has 0 fully saturated rings. The van der Waals surface area contributed by atoms with Gasteiger partial charge < -0.3 is 0 Å². The second-order valence-corrected chi connectivity index (χ2v) is 3.22. The fourth-order valence-corrected chi connectivity index (χ4v) is 0.987. The van der Waals surface area contributed by atoms with Crippen LogP contribution < -0.4 is 0 Å². The van der Waals surface area contributed by atoms with Crippen LogP contribution in [0.25, 0.3) is 0 Å². The summed E-state index contributed by atoms with van der Waals surface area (Å²) >= 11 is 1.11. The minimum Gasteiger partial charge on any atom is -0.189 e. The maximum Gasteiger partial charge on any atom is 0.321 e. The Morgan fingerprint density at radius 3 is 1.90 bits per heavy atom. The largest absolute Gasteiger partial charge is 0.321 e. The van der Waals surface area contributed by atoms with E-state index in [-0.39, 0.29) is 5.56 Å². The Morgan fingerprint density at radius 2 is 1.60 bits per heavy atom. The molecule has 0 aliphatic carbocycles. The second-order valence-electron chi connectivity index (χ2n) is 1.86. The summed E-state index contributed by atoms with van der Waals surface area (Å²) in [7, 11) is 0. The van der Waals surface area contributed by atoms with Crippen molar-refractivity contribution in [3.63, 3.8) is 0 Å². The first-order valence-corrected chi connectivity index (χ1v) is 3.81. The lowest BCUT2D eigenvalue weighted by Crippen LogP contribution is -2.00. The van der Waals surface area contributed by atoms with E-state index >= 15 is 0 Å². The normalized spacial score (nSPS) is 11.5. The van der Waals surface area contributed by atoms with Crippen LogP contribution in [0.4, 0.5) is 8.78 Å². The molecule has 0 aromatic heterocycles. The van der Waals surface area contributed by atoms with Crippen LogP contribution in [0.5, 0.6) is 0 Å². The molecule has 0 bridgehead atoms. The van der Waals surface area contributed by atoms with Gasteiger partial charge >= 0.3 is 3.93 Å². The van der Waals surface area contributed by atoms with E-state index in [4.69, 9.17) is 0 Å². The van der Waals surface area contributed by atoms with Crippen LogP contribution in [0.1, 0.15) is 5.56 Å². The Balaban J connectivity index is 2.97. The third-order valence-corrected chi connectivity index (χ3v) is 1.72. The minimum atomic E-state index is -2.74. The van der Waals surface area contributed by atoms with Crippen molar-refractivity contribution >= 4 is 22.6 Å². The fraction of sp³-hybridized carbons (Fsp3) is 0.143. The highest BCUT2D eigenvalue weighted by Crippen LogP contribution is 2.34. The summed E-state index contributed by atoms with van der Waals surface area (Å²) in [5, 5.41) is 0. The molecule has 0 spiro atoms. The molecule has 0 heterocycles. The van der Waals surface area contributed by atoms with Crippen molar-refractivity contribution in [3.05, 3.63) is 35.9 Å². The van der Waals surface area contributed by atoms with E-state index in [0.717, 1.165) is 22.6 Å². The van der Waals surface area contributed by atoms with Gasteiger partial charge in [0, 0.05) is 28.2 Å². The molecule has 0 aliphatic rings. The molecule has 0 unspecified atom stereocenters. The molecule has 0 N–H and O–H groups in total. The van der Waals surface area contributed by atoms with Crippen LogP contribution in [0, 0.1) is 0 Å². The average Bonchev–Trinajstić information content (AvgIpc) is 1.88. The Bertz CT molecular complexity index is 203. The molecule has 0 amide bonds. The fourth-order valence-electron chi connectivity index (χ4n) is 0.627. The zero-order chi connectivity index (χ0) is 7.61. The second kappa shape index (κ2) is 2.82. The third-order valence-electron chi connectivity index (χ3n) is 1.10. The molecule has 1 rings (SSSR count). The lowest BCUT2D eigenvalue weighted by Gasteiger charge is -2.06. The molecule has 0 saturated carbocycles. The number of rotatable bonds is 1. The highest BCUT2D eigenvalue weighted by molar-refractivity contribution is 14.1. The molecule has 1 aromatic carbocycles. The van der Waals surface area contributed by atoms with Crippen molar-refractivity contribution < 1.29 is 8.78 Å². The number of hydrogen-bond donors (Lipinski definition) is 0. The topological polar surface area (TPSA) is 0 Å². The van der Waals surface area contributed by atoms with Crippen molar-refractivity contribution in [1.29, 1.82) is 0 Å². The average molecular weight is 254 g/mol. The molecule has 0 atom stereocenters. The van der Waals surface area contributed by atoms with Gasteiger partial charge in [0.15, 0.2) is 0 Å². The molecular formula is C7H5F2I. The molecule has 0 nitrogen and oxygen atoms in total. The quantitative estimate of drug-likeness (QED) is 0.533. The summed E-state index contributed by atoms with van der Waals surface area (Å²) in [4.78, 5) is 0. The van der Waals surface area contributed by atoms with Gasteiger partial charge in [-0.2, -0.15) is 8.78 Å². The standard InChI is InChI=1S/C7H5F2I/c8-7(9,10)6-4-2-1-3-5-6/h1-5H. The van der Waals surface area contributed by atoms with Gasteiger partial charge in [-0.3, -0.25) is 0 Å². The third kappa shape index (κ3) is 1.90. The molecule has 10 heavy (non-hydrogen) atoms. The van der Waals surface area contributed by atoms with Gasteiger partial charge in [-0.25, -0.2) is 0 Å². The summed E-state index contributed by atoms with van der Waals surface area (Å²) in [6, 6.07) is 7.73. The monoisotopic (exact) mass is 254 g/mol. The Morgan fingerprint density at radius 1 is 1.10 bits per heavy atom. The first kappa shape index (κ1) is 7.91. The Hall–Kier alpha value is -0.190. The first-order valence-electron chi connectivity index (χ1n) is 2.73. The number of alkyl halides is 3.